The lowest BCUT2D eigenvalue weighted by Gasteiger charge is -2.13. The Labute approximate surface area is 203 Å². The number of amides is 1. The molecule has 0 aliphatic carbocycles. The topological polar surface area (TPSA) is 62.1 Å². The molecule has 0 fully saturated rings. The zero-order chi connectivity index (χ0) is 23.3. The van der Waals surface area contributed by atoms with Gasteiger partial charge in [0.25, 0.3) is 5.91 Å². The van der Waals surface area contributed by atoms with Crippen LogP contribution in [0.2, 0.25) is 0 Å². The number of carbonyl (C=O) groups excluding carboxylic acids is 1. The van der Waals surface area contributed by atoms with Crippen molar-refractivity contribution in [1.82, 2.24) is 0 Å². The second kappa shape index (κ2) is 10.6. The van der Waals surface area contributed by atoms with Gasteiger partial charge in [-0.3, -0.25) is 4.79 Å². The molecule has 0 aliphatic rings. The van der Waals surface area contributed by atoms with Crippen LogP contribution in [0.15, 0.2) is 69.1 Å². The first-order valence-corrected chi connectivity index (χ1v) is 11.2. The number of nitriles is 1. The molecule has 0 aromatic heterocycles. The Balaban J connectivity index is 1.90. The summed E-state index contributed by atoms with van der Waals surface area (Å²) in [4.78, 5) is 12.8. The largest absolute Gasteiger partial charge is 0.487 e. The zero-order valence-corrected chi connectivity index (χ0v) is 20.6. The highest BCUT2D eigenvalue weighted by molar-refractivity contribution is 9.11. The van der Waals surface area contributed by atoms with Gasteiger partial charge in [-0.2, -0.15) is 5.26 Å². The van der Waals surface area contributed by atoms with E-state index in [0.29, 0.717) is 27.0 Å². The molecule has 0 saturated heterocycles. The molecule has 3 rings (SSSR count). The van der Waals surface area contributed by atoms with Crippen LogP contribution in [0, 0.1) is 31.0 Å². The number of hydrogen-bond donors (Lipinski definition) is 1. The number of nitrogens with zero attached hydrogens (tertiary/aromatic N) is 1. The van der Waals surface area contributed by atoms with E-state index in [9.17, 15) is 14.4 Å². The van der Waals surface area contributed by atoms with Gasteiger partial charge in [0.1, 0.15) is 29.8 Å². The summed E-state index contributed by atoms with van der Waals surface area (Å²) < 4.78 is 20.8. The van der Waals surface area contributed by atoms with E-state index < -0.39 is 5.91 Å². The Kier molecular flexibility index (Phi) is 7.84. The lowest BCUT2D eigenvalue weighted by atomic mass is 10.1. The van der Waals surface area contributed by atoms with Gasteiger partial charge in [-0.15, -0.1) is 0 Å². The average Bonchev–Trinajstić information content (AvgIpc) is 2.73. The number of nitrogens with one attached hydrogen (secondary N) is 1. The molecule has 4 nitrogen and oxygen atoms in total. The summed E-state index contributed by atoms with van der Waals surface area (Å²) in [6.07, 6.45) is 1.47. The molecule has 0 radical (unpaired) electrons. The Morgan fingerprint density at radius 1 is 1.16 bits per heavy atom. The smallest absolute Gasteiger partial charge is 0.266 e. The van der Waals surface area contributed by atoms with Crippen molar-refractivity contribution in [2.45, 2.75) is 20.5 Å². The zero-order valence-electron chi connectivity index (χ0n) is 17.4. The second-order valence-corrected chi connectivity index (χ2v) is 8.94. The molecule has 0 spiro atoms. The van der Waals surface area contributed by atoms with Crippen molar-refractivity contribution in [1.29, 1.82) is 5.26 Å². The molecule has 7 heteroatoms. The van der Waals surface area contributed by atoms with Gasteiger partial charge in [0.15, 0.2) is 0 Å². The first-order chi connectivity index (χ1) is 15.3. The molecule has 32 heavy (non-hydrogen) atoms. The molecule has 0 bridgehead atoms. The van der Waals surface area contributed by atoms with Crippen LogP contribution < -0.4 is 10.1 Å². The van der Waals surface area contributed by atoms with E-state index in [0.717, 1.165) is 15.6 Å². The standard InChI is InChI=1S/C25H19Br2FN2O2/c1-15-6-7-23(16(2)8-15)30-25(31)19(13-29)10-18-11-20(26)12-22(27)24(18)32-14-17-4-3-5-21(28)9-17/h3-12H,14H2,1-2H3,(H,30,31)/b19-10+. The molecule has 1 N–H and O–H groups in total. The summed E-state index contributed by atoms with van der Waals surface area (Å²) in [5, 5.41) is 12.4. The average molecular weight is 558 g/mol. The van der Waals surface area contributed by atoms with Gasteiger partial charge in [-0.1, -0.05) is 45.8 Å². The number of halogens is 3. The Hall–Kier alpha value is -2.95. The highest BCUT2D eigenvalue weighted by Gasteiger charge is 2.15. The third-order valence-corrected chi connectivity index (χ3v) is 5.65. The minimum atomic E-state index is -0.522. The number of ether oxygens (including phenoxy) is 1. The predicted molar refractivity (Wildman–Crippen MR) is 131 cm³/mol. The highest BCUT2D eigenvalue weighted by atomic mass is 79.9. The van der Waals surface area contributed by atoms with Crippen LogP contribution in [0.5, 0.6) is 5.75 Å². The molecule has 3 aromatic carbocycles. The number of hydrogen-bond acceptors (Lipinski definition) is 3. The van der Waals surface area contributed by atoms with Crippen molar-refractivity contribution >= 4 is 49.5 Å². The summed E-state index contributed by atoms with van der Waals surface area (Å²) in [7, 11) is 0. The minimum absolute atomic E-state index is 0.0782. The van der Waals surface area contributed by atoms with Crippen LogP contribution in [0.1, 0.15) is 22.3 Å². The molecule has 0 saturated carbocycles. The number of aryl methyl sites for hydroxylation is 2. The van der Waals surface area contributed by atoms with Gasteiger partial charge in [0.2, 0.25) is 0 Å². The van der Waals surface area contributed by atoms with Crippen molar-refractivity contribution in [2.24, 2.45) is 0 Å². The summed E-state index contributed by atoms with van der Waals surface area (Å²) >= 11 is 6.89. The minimum Gasteiger partial charge on any atom is -0.487 e. The van der Waals surface area contributed by atoms with E-state index >= 15 is 0 Å². The molecular weight excluding hydrogens is 539 g/mol. The van der Waals surface area contributed by atoms with E-state index in [4.69, 9.17) is 4.74 Å². The van der Waals surface area contributed by atoms with Gasteiger partial charge in [-0.05, 0) is 77.3 Å². The first-order valence-electron chi connectivity index (χ1n) is 9.63. The molecule has 0 unspecified atom stereocenters. The van der Waals surface area contributed by atoms with E-state index in [-0.39, 0.29) is 18.0 Å². The summed E-state index contributed by atoms with van der Waals surface area (Å²) in [5.74, 6) is -0.438. The predicted octanol–water partition coefficient (Wildman–Crippen LogP) is 7.09. The third-order valence-electron chi connectivity index (χ3n) is 4.60. The molecule has 1 amide bonds. The maximum absolute atomic E-state index is 13.5. The number of benzene rings is 3. The fourth-order valence-electron chi connectivity index (χ4n) is 3.07. The van der Waals surface area contributed by atoms with Crippen molar-refractivity contribution in [3.63, 3.8) is 0 Å². The summed E-state index contributed by atoms with van der Waals surface area (Å²) in [5.41, 5.74) is 3.72. The fourth-order valence-corrected chi connectivity index (χ4v) is 4.44. The van der Waals surface area contributed by atoms with Crippen molar-refractivity contribution in [3.8, 4) is 11.8 Å². The first kappa shape index (κ1) is 23.7. The highest BCUT2D eigenvalue weighted by Crippen LogP contribution is 2.35. The van der Waals surface area contributed by atoms with E-state index in [1.165, 1.54) is 18.2 Å². The van der Waals surface area contributed by atoms with Gasteiger partial charge >= 0.3 is 0 Å². The molecule has 0 heterocycles. The fraction of sp³-hybridized carbons (Fsp3) is 0.120. The number of rotatable bonds is 6. The maximum atomic E-state index is 13.5. The lowest BCUT2D eigenvalue weighted by molar-refractivity contribution is -0.112. The van der Waals surface area contributed by atoms with Crippen LogP contribution in [0.3, 0.4) is 0 Å². The molecule has 162 valence electrons. The maximum Gasteiger partial charge on any atom is 0.266 e. The quantitative estimate of drug-likeness (QED) is 0.260. The van der Waals surface area contributed by atoms with E-state index in [1.807, 2.05) is 32.0 Å². The summed E-state index contributed by atoms with van der Waals surface area (Å²) in [6.45, 7) is 3.98. The van der Waals surface area contributed by atoms with Crippen molar-refractivity contribution < 1.29 is 13.9 Å². The third kappa shape index (κ3) is 6.06. The normalized spacial score (nSPS) is 11.1. The number of anilines is 1. The van der Waals surface area contributed by atoms with Crippen LogP contribution in [0.4, 0.5) is 10.1 Å². The monoisotopic (exact) mass is 556 g/mol. The second-order valence-electron chi connectivity index (χ2n) is 7.17. The van der Waals surface area contributed by atoms with Crippen LogP contribution >= 0.6 is 31.9 Å². The Morgan fingerprint density at radius 3 is 2.62 bits per heavy atom. The van der Waals surface area contributed by atoms with Crippen molar-refractivity contribution in [3.05, 3.63) is 97.2 Å². The molecule has 0 aliphatic heterocycles. The van der Waals surface area contributed by atoms with Gasteiger partial charge in [-0.25, -0.2) is 4.39 Å². The molecule has 0 atom stereocenters. The molecule has 3 aromatic rings. The molecular formula is C25H19Br2FN2O2. The summed E-state index contributed by atoms with van der Waals surface area (Å²) in [6, 6.07) is 17.3. The van der Waals surface area contributed by atoms with E-state index in [1.54, 1.807) is 30.3 Å². The number of carbonyl (C=O) groups is 1. The van der Waals surface area contributed by atoms with E-state index in [2.05, 4.69) is 37.2 Å². The van der Waals surface area contributed by atoms with Crippen LogP contribution in [0.25, 0.3) is 6.08 Å². The Bertz CT molecular complexity index is 1250. The van der Waals surface area contributed by atoms with Crippen LogP contribution in [-0.2, 0) is 11.4 Å². The van der Waals surface area contributed by atoms with Gasteiger partial charge < -0.3 is 10.1 Å². The Morgan fingerprint density at radius 2 is 1.94 bits per heavy atom. The lowest BCUT2D eigenvalue weighted by Crippen LogP contribution is -2.14. The van der Waals surface area contributed by atoms with Crippen LogP contribution in [-0.4, -0.2) is 5.91 Å². The van der Waals surface area contributed by atoms with Crippen molar-refractivity contribution in [2.75, 3.05) is 5.32 Å². The van der Waals surface area contributed by atoms with Gasteiger partial charge in [0, 0.05) is 15.7 Å². The van der Waals surface area contributed by atoms with Gasteiger partial charge in [0.05, 0.1) is 4.47 Å². The SMILES string of the molecule is Cc1ccc(NC(=O)/C(C#N)=C/c2cc(Br)cc(Br)c2OCc2cccc(F)c2)c(C)c1.